The fourth-order valence-corrected chi connectivity index (χ4v) is 8.35. The molecule has 0 fully saturated rings. The Balaban J connectivity index is 1.13. The second kappa shape index (κ2) is 22.5. The van der Waals surface area contributed by atoms with Crippen molar-refractivity contribution < 1.29 is 76.9 Å². The Bertz CT molecular complexity index is 3040. The number of carboxylic acid groups (broad SMARTS) is 2. The first-order valence-corrected chi connectivity index (χ1v) is 22.1. The van der Waals surface area contributed by atoms with E-state index in [0.717, 1.165) is 83.0 Å². The van der Waals surface area contributed by atoms with Gasteiger partial charge in [-0.15, -0.1) is 0 Å². The third-order valence-corrected chi connectivity index (χ3v) is 11.8. The van der Waals surface area contributed by atoms with Crippen LogP contribution in [0.1, 0.15) is 79.6 Å². The predicted molar refractivity (Wildman–Crippen MR) is 259 cm³/mol. The average molecular weight is 975 g/mol. The summed E-state index contributed by atoms with van der Waals surface area (Å²) in [6.07, 6.45) is 0.185. The molecule has 366 valence electrons. The smallest absolute Gasteiger partial charge is 0.339 e. The van der Waals surface area contributed by atoms with Crippen molar-refractivity contribution in [2.24, 2.45) is 0 Å². The number of hydrogen-bond acceptors (Lipinski definition) is 14. The predicted octanol–water partition coefficient (Wildman–Crippen LogP) is 7.92. The Kier molecular flexibility index (Phi) is 15.9. The number of ether oxygens (including phenoxy) is 7. The van der Waals surface area contributed by atoms with Gasteiger partial charge in [0.2, 0.25) is 0 Å². The molecule has 2 unspecified atom stereocenters. The molecule has 0 aromatic heterocycles. The average Bonchev–Trinajstić information content (AvgIpc) is 3.71. The van der Waals surface area contributed by atoms with Gasteiger partial charge < -0.3 is 43.4 Å². The number of carboxylic acids is 2. The van der Waals surface area contributed by atoms with Crippen molar-refractivity contribution in [1.29, 1.82) is 0 Å². The van der Waals surface area contributed by atoms with Gasteiger partial charge in [-0.1, -0.05) is 98.1 Å². The molecule has 0 bridgehead atoms. The van der Waals surface area contributed by atoms with Gasteiger partial charge in [0.05, 0.1) is 34.8 Å². The lowest BCUT2D eigenvalue weighted by molar-refractivity contribution is -0.142. The van der Waals surface area contributed by atoms with Crippen LogP contribution in [0.5, 0.6) is 11.5 Å². The number of carbonyl (C=O) groups is 7. The Hall–Kier alpha value is -9.15. The largest absolute Gasteiger partial charge is 0.491 e. The number of rotatable bonds is 22. The lowest BCUT2D eigenvalue weighted by Gasteiger charge is -2.34. The van der Waals surface area contributed by atoms with E-state index in [2.05, 4.69) is 42.2 Å². The molecule has 7 rings (SSSR count). The molecule has 1 aliphatic rings. The third-order valence-electron chi connectivity index (χ3n) is 11.8. The van der Waals surface area contributed by atoms with Crippen molar-refractivity contribution >= 4 is 41.6 Å². The van der Waals surface area contributed by atoms with Crippen molar-refractivity contribution in [2.45, 2.75) is 17.6 Å². The van der Waals surface area contributed by atoms with Crippen LogP contribution in [-0.2, 0) is 38.7 Å². The Morgan fingerprint density at radius 3 is 1.39 bits per heavy atom. The number of hydrogen-bond donors (Lipinski definition) is 2. The summed E-state index contributed by atoms with van der Waals surface area (Å²) < 4.78 is 38.2. The van der Waals surface area contributed by atoms with E-state index in [9.17, 15) is 43.8 Å². The molecule has 16 nitrogen and oxygen atoms in total. The van der Waals surface area contributed by atoms with Crippen LogP contribution < -0.4 is 9.47 Å². The molecule has 6 aromatic carbocycles. The molecule has 72 heavy (non-hydrogen) atoms. The zero-order chi connectivity index (χ0) is 51.5. The molecule has 0 radical (unpaired) electrons. The molecule has 0 heterocycles. The number of methoxy groups -OCH3 is 2. The lowest BCUT2D eigenvalue weighted by atomic mass is 9.68. The topological polar surface area (TPSA) is 225 Å². The first kappa shape index (κ1) is 50.7. The second-order valence-corrected chi connectivity index (χ2v) is 16.0. The third kappa shape index (κ3) is 10.7. The van der Waals surface area contributed by atoms with Crippen molar-refractivity contribution in [3.63, 3.8) is 0 Å². The van der Waals surface area contributed by atoms with Gasteiger partial charge in [0.25, 0.3) is 0 Å². The Morgan fingerprint density at radius 2 is 0.958 bits per heavy atom. The van der Waals surface area contributed by atoms with E-state index in [1.807, 2.05) is 60.7 Å². The minimum Gasteiger partial charge on any atom is -0.491 e. The first-order chi connectivity index (χ1) is 34.7. The van der Waals surface area contributed by atoms with Gasteiger partial charge >= 0.3 is 35.8 Å². The fourth-order valence-electron chi connectivity index (χ4n) is 8.35. The maximum Gasteiger partial charge on any atom is 0.339 e. The highest BCUT2D eigenvalue weighted by Crippen LogP contribution is 2.56. The van der Waals surface area contributed by atoms with E-state index < -0.39 is 82.5 Å². The van der Waals surface area contributed by atoms with Gasteiger partial charge in [-0.05, 0) is 81.9 Å². The second-order valence-electron chi connectivity index (χ2n) is 16.0. The van der Waals surface area contributed by atoms with Gasteiger partial charge in [0, 0.05) is 30.4 Å². The van der Waals surface area contributed by atoms with Crippen molar-refractivity contribution in [3.8, 4) is 22.6 Å². The molecule has 0 saturated carbocycles. The molecule has 16 heteroatoms. The minimum absolute atomic E-state index is 0.0154. The van der Waals surface area contributed by atoms with Crippen LogP contribution in [0.25, 0.3) is 11.1 Å². The Labute approximate surface area is 412 Å². The van der Waals surface area contributed by atoms with Crippen LogP contribution in [0.3, 0.4) is 0 Å². The number of fused-ring (bicyclic) bond motifs is 3. The number of esters is 4. The molecular weight excluding hydrogens is 929 g/mol. The molecule has 0 amide bonds. The maximum absolute atomic E-state index is 13.7. The van der Waals surface area contributed by atoms with E-state index >= 15 is 0 Å². The van der Waals surface area contributed by atoms with Crippen molar-refractivity contribution in [2.75, 3.05) is 40.6 Å². The monoisotopic (exact) mass is 974 g/mol. The SMILES string of the molecule is C=CC(=O)OCC(COc1ccc(C2(c3ccc(OCC(COC(=O)C=C)OC(=O)c4ccc(C(=O)c5ccc(C(=O)OC)c(C(=O)O)c5)cc4C(=O)O)cc3)c3ccccc3-c3ccccc32)cc1)OC. The van der Waals surface area contributed by atoms with E-state index in [0.29, 0.717) is 11.5 Å². The first-order valence-electron chi connectivity index (χ1n) is 22.1. The van der Waals surface area contributed by atoms with E-state index in [1.54, 1.807) is 12.1 Å². The summed E-state index contributed by atoms with van der Waals surface area (Å²) in [6, 6.07) is 37.7. The molecule has 2 N–H and O–H groups in total. The minimum atomic E-state index is -1.59. The highest BCUT2D eigenvalue weighted by molar-refractivity contribution is 6.13. The van der Waals surface area contributed by atoms with Crippen LogP contribution in [-0.4, -0.2) is 105 Å². The highest BCUT2D eigenvalue weighted by Gasteiger charge is 2.46. The van der Waals surface area contributed by atoms with Crippen LogP contribution >= 0.6 is 0 Å². The van der Waals surface area contributed by atoms with E-state index in [1.165, 1.54) is 13.2 Å². The van der Waals surface area contributed by atoms with Crippen LogP contribution in [0.15, 0.2) is 159 Å². The lowest BCUT2D eigenvalue weighted by Crippen LogP contribution is -2.31. The Morgan fingerprint density at radius 1 is 0.528 bits per heavy atom. The van der Waals surface area contributed by atoms with Crippen LogP contribution in [0, 0.1) is 0 Å². The van der Waals surface area contributed by atoms with Gasteiger partial charge in [-0.2, -0.15) is 0 Å². The summed E-state index contributed by atoms with van der Waals surface area (Å²) in [4.78, 5) is 87.4. The number of carbonyl (C=O) groups excluding carboxylic acids is 5. The van der Waals surface area contributed by atoms with Gasteiger partial charge in [-0.25, -0.2) is 28.8 Å². The zero-order valence-corrected chi connectivity index (χ0v) is 38.9. The summed E-state index contributed by atoms with van der Waals surface area (Å²) in [5.41, 5.74) is 2.88. The van der Waals surface area contributed by atoms with E-state index in [-0.39, 0.29) is 36.5 Å². The van der Waals surface area contributed by atoms with Gasteiger partial charge in [0.1, 0.15) is 44.0 Å². The molecule has 0 spiro atoms. The highest BCUT2D eigenvalue weighted by atomic mass is 16.6. The molecule has 1 aliphatic carbocycles. The molecule has 6 aromatic rings. The molecule has 0 saturated heterocycles. The fraction of sp³-hybridized carbons (Fsp3) is 0.161. The zero-order valence-electron chi connectivity index (χ0n) is 38.9. The number of benzene rings is 6. The van der Waals surface area contributed by atoms with Crippen molar-refractivity contribution in [1.82, 2.24) is 0 Å². The van der Waals surface area contributed by atoms with E-state index in [4.69, 9.17) is 28.4 Å². The molecule has 2 atom stereocenters. The summed E-state index contributed by atoms with van der Waals surface area (Å²) >= 11 is 0. The quantitative estimate of drug-likeness (QED) is 0.0285. The maximum atomic E-state index is 13.7. The molecular formula is C56H46O16. The summed E-state index contributed by atoms with van der Waals surface area (Å²) in [6.45, 7) is 6.04. The normalized spacial score (nSPS) is 12.6. The molecule has 0 aliphatic heterocycles. The van der Waals surface area contributed by atoms with Gasteiger partial charge in [0.15, 0.2) is 11.9 Å². The standard InChI is InChI=1S/C56H46O16/c1-5-49(57)70-30-39(66-3)29-68-37-21-17-35(18-22-37)56(47-13-9-7-11-41(47)42-12-8-10-14-48(42)56)36-19-23-38(24-20-36)69-31-40(32-71-50(58)6-2)72-55(65)44-26-16-34(28-46(44)53(62)63)51(59)33-15-25-43(54(64)67-4)45(27-33)52(60)61/h5-28,39-40H,1-2,29-32H2,3-4H3,(H,60,61)(H,62,63). The summed E-state index contributed by atoms with van der Waals surface area (Å²) in [7, 11) is 2.56. The van der Waals surface area contributed by atoms with Crippen molar-refractivity contribution in [3.05, 3.63) is 214 Å². The summed E-state index contributed by atoms with van der Waals surface area (Å²) in [5, 5.41) is 19.8. The van der Waals surface area contributed by atoms with Crippen LogP contribution in [0.2, 0.25) is 0 Å². The summed E-state index contributed by atoms with van der Waals surface area (Å²) in [5.74, 6) is -6.48. The number of ketones is 1. The van der Waals surface area contributed by atoms with Crippen LogP contribution in [0.4, 0.5) is 0 Å². The van der Waals surface area contributed by atoms with Gasteiger partial charge in [-0.3, -0.25) is 4.79 Å². The number of aromatic carboxylic acids is 2.